The van der Waals surface area contributed by atoms with Crippen molar-refractivity contribution < 1.29 is 22.7 Å². The molecule has 0 saturated heterocycles. The second-order valence-corrected chi connectivity index (χ2v) is 6.77. The van der Waals surface area contributed by atoms with Crippen molar-refractivity contribution in [3.63, 3.8) is 0 Å². The number of ether oxygens (including phenoxy) is 2. The summed E-state index contributed by atoms with van der Waals surface area (Å²) in [6.45, 7) is 2.87. The fraction of sp³-hybridized carbons (Fsp3) is 0.533. The number of anilines is 1. The summed E-state index contributed by atoms with van der Waals surface area (Å²) in [5.74, 6) is 0.0467. The van der Waals surface area contributed by atoms with E-state index in [1.165, 1.54) is 0 Å². The van der Waals surface area contributed by atoms with Gasteiger partial charge >= 0.3 is 0 Å². The number of hydrogen-bond acceptors (Lipinski definition) is 5. The highest BCUT2D eigenvalue weighted by molar-refractivity contribution is 7.92. The van der Waals surface area contributed by atoms with Crippen molar-refractivity contribution in [2.45, 2.75) is 13.3 Å². The van der Waals surface area contributed by atoms with Crippen LogP contribution in [-0.4, -0.2) is 54.0 Å². The van der Waals surface area contributed by atoms with Crippen LogP contribution in [0.3, 0.4) is 0 Å². The van der Waals surface area contributed by atoms with Gasteiger partial charge in [-0.25, -0.2) is 8.42 Å². The predicted octanol–water partition coefficient (Wildman–Crippen LogP) is 1.00. The minimum atomic E-state index is -3.62. The third-order valence-corrected chi connectivity index (χ3v) is 4.10. The molecule has 130 valence electrons. The van der Waals surface area contributed by atoms with Crippen molar-refractivity contribution in [3.05, 3.63) is 24.3 Å². The van der Waals surface area contributed by atoms with Crippen LogP contribution in [0.2, 0.25) is 0 Å². The summed E-state index contributed by atoms with van der Waals surface area (Å²) < 4.78 is 35.5. The van der Waals surface area contributed by atoms with Gasteiger partial charge in [-0.05, 0) is 25.5 Å². The summed E-state index contributed by atoms with van der Waals surface area (Å²) in [4.78, 5) is 12.0. The molecule has 0 aliphatic heterocycles. The van der Waals surface area contributed by atoms with E-state index in [0.29, 0.717) is 37.6 Å². The van der Waals surface area contributed by atoms with Gasteiger partial charge in [0.25, 0.3) is 0 Å². The molecular formula is C15H24N2O5S. The molecule has 0 aromatic heterocycles. The molecule has 0 unspecified atom stereocenters. The van der Waals surface area contributed by atoms with Gasteiger partial charge in [0.15, 0.2) is 0 Å². The third-order valence-electron chi connectivity index (χ3n) is 2.97. The first-order valence-electron chi connectivity index (χ1n) is 7.35. The highest BCUT2D eigenvalue weighted by atomic mass is 32.2. The number of carbonyl (C=O) groups is 1. The van der Waals surface area contributed by atoms with Gasteiger partial charge in [-0.15, -0.1) is 0 Å². The van der Waals surface area contributed by atoms with E-state index in [9.17, 15) is 13.2 Å². The lowest BCUT2D eigenvalue weighted by atomic mass is 10.3. The molecule has 0 saturated carbocycles. The molecule has 7 nitrogen and oxygen atoms in total. The SMILES string of the molecule is CCOc1ccccc1N(CC(=O)NCCCOC)S(C)(=O)=O. The summed E-state index contributed by atoms with van der Waals surface area (Å²) in [7, 11) is -2.04. The molecule has 0 heterocycles. The van der Waals surface area contributed by atoms with E-state index in [-0.39, 0.29) is 12.5 Å². The Balaban J connectivity index is 2.88. The zero-order valence-corrected chi connectivity index (χ0v) is 14.6. The molecule has 1 N–H and O–H groups in total. The van der Waals surface area contributed by atoms with Crippen LogP contribution in [0.4, 0.5) is 5.69 Å². The van der Waals surface area contributed by atoms with Crippen molar-refractivity contribution in [1.82, 2.24) is 5.32 Å². The molecule has 0 spiro atoms. The van der Waals surface area contributed by atoms with Crippen LogP contribution in [0.1, 0.15) is 13.3 Å². The Labute approximate surface area is 137 Å². The van der Waals surface area contributed by atoms with Gasteiger partial charge in [0.2, 0.25) is 15.9 Å². The van der Waals surface area contributed by atoms with Crippen LogP contribution in [0.5, 0.6) is 5.75 Å². The highest BCUT2D eigenvalue weighted by Crippen LogP contribution is 2.29. The van der Waals surface area contributed by atoms with E-state index >= 15 is 0 Å². The first-order valence-corrected chi connectivity index (χ1v) is 9.20. The van der Waals surface area contributed by atoms with Gasteiger partial charge in [0.05, 0.1) is 18.6 Å². The Morgan fingerprint density at radius 1 is 1.30 bits per heavy atom. The minimum absolute atomic E-state index is 0.296. The zero-order valence-electron chi connectivity index (χ0n) is 13.7. The summed E-state index contributed by atoms with van der Waals surface area (Å²) in [6, 6.07) is 6.74. The minimum Gasteiger partial charge on any atom is -0.492 e. The van der Waals surface area contributed by atoms with Crippen molar-refractivity contribution in [2.75, 3.05) is 44.0 Å². The molecule has 0 aliphatic carbocycles. The number of rotatable bonds is 10. The number of para-hydroxylation sites is 2. The Morgan fingerprint density at radius 3 is 2.61 bits per heavy atom. The predicted molar refractivity (Wildman–Crippen MR) is 89.3 cm³/mol. The van der Waals surface area contributed by atoms with Crippen LogP contribution in [0.15, 0.2) is 24.3 Å². The van der Waals surface area contributed by atoms with Crippen molar-refractivity contribution >= 4 is 21.6 Å². The fourth-order valence-corrected chi connectivity index (χ4v) is 2.81. The molecule has 0 aliphatic rings. The van der Waals surface area contributed by atoms with Gasteiger partial charge in [-0.3, -0.25) is 9.10 Å². The maximum absolute atomic E-state index is 12.1. The molecule has 0 atom stereocenters. The molecule has 0 fully saturated rings. The number of nitrogens with one attached hydrogen (secondary N) is 1. The lowest BCUT2D eigenvalue weighted by molar-refractivity contribution is -0.119. The third kappa shape index (κ3) is 6.45. The molecule has 1 aromatic rings. The molecule has 1 aromatic carbocycles. The average Bonchev–Trinajstić information content (AvgIpc) is 2.49. The molecule has 23 heavy (non-hydrogen) atoms. The number of hydrogen-bond donors (Lipinski definition) is 1. The number of sulfonamides is 1. The second-order valence-electron chi connectivity index (χ2n) is 4.87. The van der Waals surface area contributed by atoms with Gasteiger partial charge in [0, 0.05) is 20.3 Å². The maximum Gasteiger partial charge on any atom is 0.240 e. The monoisotopic (exact) mass is 344 g/mol. The van der Waals surface area contributed by atoms with Crippen LogP contribution in [0, 0.1) is 0 Å². The summed E-state index contributed by atoms with van der Waals surface area (Å²) in [6.07, 6.45) is 1.73. The Bertz CT molecular complexity index is 604. The topological polar surface area (TPSA) is 84.9 Å². The highest BCUT2D eigenvalue weighted by Gasteiger charge is 2.23. The number of benzene rings is 1. The lowest BCUT2D eigenvalue weighted by Gasteiger charge is -2.24. The van der Waals surface area contributed by atoms with Crippen LogP contribution in [0.25, 0.3) is 0 Å². The average molecular weight is 344 g/mol. The molecule has 0 radical (unpaired) electrons. The van der Waals surface area contributed by atoms with Crippen LogP contribution in [-0.2, 0) is 19.6 Å². The van der Waals surface area contributed by atoms with E-state index < -0.39 is 10.0 Å². The second kappa shape index (κ2) is 9.36. The van der Waals surface area contributed by atoms with E-state index in [0.717, 1.165) is 10.6 Å². The van der Waals surface area contributed by atoms with Gasteiger partial charge in [-0.2, -0.15) is 0 Å². The molecular weight excluding hydrogens is 320 g/mol. The Hall–Kier alpha value is -1.80. The maximum atomic E-state index is 12.1. The van der Waals surface area contributed by atoms with Crippen molar-refractivity contribution in [2.24, 2.45) is 0 Å². The van der Waals surface area contributed by atoms with Crippen LogP contribution < -0.4 is 14.4 Å². The molecule has 8 heteroatoms. The summed E-state index contributed by atoms with van der Waals surface area (Å²) >= 11 is 0. The van der Waals surface area contributed by atoms with Crippen LogP contribution >= 0.6 is 0 Å². The first-order chi connectivity index (χ1) is 10.9. The van der Waals surface area contributed by atoms with Crippen molar-refractivity contribution in [1.29, 1.82) is 0 Å². The van der Waals surface area contributed by atoms with Crippen molar-refractivity contribution in [3.8, 4) is 5.75 Å². The number of methoxy groups -OCH3 is 1. The standard InChI is InChI=1S/C15H24N2O5S/c1-4-22-14-9-6-5-8-13(14)17(23(3,19)20)12-15(18)16-10-7-11-21-2/h5-6,8-9H,4,7,10-12H2,1-3H3,(H,16,18). The van der Waals surface area contributed by atoms with E-state index in [1.807, 2.05) is 6.92 Å². The first kappa shape index (κ1) is 19.2. The Morgan fingerprint density at radius 2 is 2.00 bits per heavy atom. The largest absolute Gasteiger partial charge is 0.492 e. The van der Waals surface area contributed by atoms with Gasteiger partial charge < -0.3 is 14.8 Å². The normalized spacial score (nSPS) is 11.1. The van der Waals surface area contributed by atoms with Gasteiger partial charge in [0.1, 0.15) is 12.3 Å². The smallest absolute Gasteiger partial charge is 0.240 e. The zero-order chi connectivity index (χ0) is 17.3. The molecule has 0 bridgehead atoms. The number of nitrogens with zero attached hydrogens (tertiary/aromatic N) is 1. The van der Waals surface area contributed by atoms with Gasteiger partial charge in [-0.1, -0.05) is 12.1 Å². The quantitative estimate of drug-likeness (QED) is 0.640. The van der Waals surface area contributed by atoms with E-state index in [1.54, 1.807) is 31.4 Å². The fourth-order valence-electron chi connectivity index (χ4n) is 1.95. The summed E-state index contributed by atoms with van der Waals surface area (Å²) in [5.41, 5.74) is 0.351. The van der Waals surface area contributed by atoms with E-state index in [2.05, 4.69) is 5.32 Å². The number of amides is 1. The lowest BCUT2D eigenvalue weighted by Crippen LogP contribution is -2.41. The Kier molecular flexibility index (Phi) is 7.84. The number of carbonyl (C=O) groups excluding carboxylic acids is 1. The summed E-state index contributed by atoms with van der Waals surface area (Å²) in [5, 5.41) is 2.68. The van der Waals surface area contributed by atoms with E-state index in [4.69, 9.17) is 9.47 Å². The molecule has 1 amide bonds. The molecule has 1 rings (SSSR count).